The lowest BCUT2D eigenvalue weighted by molar-refractivity contribution is -0.131. The SMILES string of the molecule is CC(=CC(=O)O)N(C)C. The van der Waals surface area contributed by atoms with Crippen molar-refractivity contribution in [3.05, 3.63) is 11.8 Å². The molecular weight excluding hydrogens is 118 g/mol. The highest BCUT2D eigenvalue weighted by atomic mass is 16.4. The standard InChI is InChI=1S/C6H11NO2/c1-5(7(2)3)4-6(8)9/h4H,1-3H3,(H,8,9). The first kappa shape index (κ1) is 8.01. The Morgan fingerprint density at radius 3 is 2.11 bits per heavy atom. The van der Waals surface area contributed by atoms with E-state index in [0.717, 1.165) is 5.70 Å². The lowest BCUT2D eigenvalue weighted by Crippen LogP contribution is -2.09. The molecule has 0 radical (unpaired) electrons. The maximum Gasteiger partial charge on any atom is 0.330 e. The number of aliphatic carboxylic acids is 1. The van der Waals surface area contributed by atoms with Gasteiger partial charge >= 0.3 is 5.97 Å². The van der Waals surface area contributed by atoms with Gasteiger partial charge in [-0.3, -0.25) is 0 Å². The second kappa shape index (κ2) is 3.12. The van der Waals surface area contributed by atoms with Crippen LogP contribution in [-0.4, -0.2) is 30.1 Å². The van der Waals surface area contributed by atoms with Gasteiger partial charge in [-0.25, -0.2) is 4.79 Å². The number of nitrogens with zero attached hydrogens (tertiary/aromatic N) is 1. The molecule has 0 saturated carbocycles. The minimum atomic E-state index is -0.902. The number of carboxylic acids is 1. The number of rotatable bonds is 2. The molecule has 3 heteroatoms. The average Bonchev–Trinajstić information content (AvgIpc) is 1.63. The molecule has 52 valence electrons. The smallest absolute Gasteiger partial charge is 0.330 e. The molecule has 0 spiro atoms. The maximum absolute atomic E-state index is 10.0. The zero-order valence-electron chi connectivity index (χ0n) is 5.88. The molecule has 0 saturated heterocycles. The first-order valence-corrected chi connectivity index (χ1v) is 2.62. The summed E-state index contributed by atoms with van der Waals surface area (Å²) >= 11 is 0. The number of allylic oxidation sites excluding steroid dienone is 1. The number of carbonyl (C=O) groups is 1. The summed E-state index contributed by atoms with van der Waals surface area (Å²) in [5.41, 5.74) is 0.738. The van der Waals surface area contributed by atoms with Gasteiger partial charge < -0.3 is 10.0 Å². The van der Waals surface area contributed by atoms with E-state index in [2.05, 4.69) is 0 Å². The number of hydrogen-bond acceptors (Lipinski definition) is 2. The topological polar surface area (TPSA) is 40.5 Å². The minimum Gasteiger partial charge on any atom is -0.478 e. The van der Waals surface area contributed by atoms with Crippen LogP contribution in [0.5, 0.6) is 0 Å². The zero-order chi connectivity index (χ0) is 7.44. The Morgan fingerprint density at radius 2 is 2.00 bits per heavy atom. The zero-order valence-corrected chi connectivity index (χ0v) is 5.88. The van der Waals surface area contributed by atoms with Crippen LogP contribution in [0, 0.1) is 0 Å². The van der Waals surface area contributed by atoms with Crippen LogP contribution in [0.2, 0.25) is 0 Å². The summed E-state index contributed by atoms with van der Waals surface area (Å²) in [4.78, 5) is 11.8. The molecule has 0 aliphatic rings. The van der Waals surface area contributed by atoms with E-state index >= 15 is 0 Å². The van der Waals surface area contributed by atoms with Crippen LogP contribution in [0.25, 0.3) is 0 Å². The lowest BCUT2D eigenvalue weighted by Gasteiger charge is -2.10. The van der Waals surface area contributed by atoms with Crippen molar-refractivity contribution >= 4 is 5.97 Å². The molecule has 0 aromatic rings. The first-order valence-electron chi connectivity index (χ1n) is 2.62. The molecule has 3 nitrogen and oxygen atoms in total. The van der Waals surface area contributed by atoms with E-state index < -0.39 is 5.97 Å². The molecule has 0 amide bonds. The molecule has 0 aromatic heterocycles. The third kappa shape index (κ3) is 3.58. The van der Waals surface area contributed by atoms with E-state index in [-0.39, 0.29) is 0 Å². The van der Waals surface area contributed by atoms with Gasteiger partial charge in [-0.2, -0.15) is 0 Å². The van der Waals surface area contributed by atoms with Gasteiger partial charge in [0.25, 0.3) is 0 Å². The van der Waals surface area contributed by atoms with Crippen molar-refractivity contribution < 1.29 is 9.90 Å². The van der Waals surface area contributed by atoms with Crippen LogP contribution < -0.4 is 0 Å². The molecule has 1 N–H and O–H groups in total. The Morgan fingerprint density at radius 1 is 1.56 bits per heavy atom. The highest BCUT2D eigenvalue weighted by Crippen LogP contribution is 1.93. The highest BCUT2D eigenvalue weighted by molar-refractivity contribution is 5.80. The average molecular weight is 129 g/mol. The van der Waals surface area contributed by atoms with Gasteiger partial charge in [-0.05, 0) is 6.92 Å². The Balaban J connectivity index is 4.00. The summed E-state index contributed by atoms with van der Waals surface area (Å²) in [6, 6.07) is 0. The van der Waals surface area contributed by atoms with Crippen molar-refractivity contribution in [1.29, 1.82) is 0 Å². The van der Waals surface area contributed by atoms with Crippen molar-refractivity contribution in [2.24, 2.45) is 0 Å². The van der Waals surface area contributed by atoms with Crippen LogP contribution in [0.15, 0.2) is 11.8 Å². The summed E-state index contributed by atoms with van der Waals surface area (Å²) in [5, 5.41) is 8.23. The molecular formula is C6H11NO2. The Labute approximate surface area is 54.6 Å². The van der Waals surface area contributed by atoms with E-state index in [1.165, 1.54) is 6.08 Å². The van der Waals surface area contributed by atoms with E-state index in [1.54, 1.807) is 25.9 Å². The van der Waals surface area contributed by atoms with Gasteiger partial charge in [0.05, 0.1) is 0 Å². The predicted octanol–water partition coefficient (Wildman–Crippen LogP) is 0.536. The van der Waals surface area contributed by atoms with Gasteiger partial charge in [-0.1, -0.05) is 0 Å². The minimum absolute atomic E-state index is 0.738. The van der Waals surface area contributed by atoms with Gasteiger partial charge in [-0.15, -0.1) is 0 Å². The van der Waals surface area contributed by atoms with Crippen molar-refractivity contribution in [3.63, 3.8) is 0 Å². The molecule has 0 rings (SSSR count). The first-order chi connectivity index (χ1) is 4.04. The Bertz CT molecular complexity index is 138. The fraction of sp³-hybridized carbons (Fsp3) is 0.500. The van der Waals surface area contributed by atoms with E-state index in [1.807, 2.05) is 0 Å². The summed E-state index contributed by atoms with van der Waals surface area (Å²) < 4.78 is 0. The largest absolute Gasteiger partial charge is 0.478 e. The van der Waals surface area contributed by atoms with Crippen LogP contribution in [0.3, 0.4) is 0 Å². The fourth-order valence-corrected chi connectivity index (χ4v) is 0.308. The molecule has 9 heavy (non-hydrogen) atoms. The molecule has 0 aliphatic carbocycles. The van der Waals surface area contributed by atoms with E-state index in [4.69, 9.17) is 5.11 Å². The summed E-state index contributed by atoms with van der Waals surface area (Å²) in [5.74, 6) is -0.902. The van der Waals surface area contributed by atoms with Gasteiger partial charge in [0.15, 0.2) is 0 Å². The predicted molar refractivity (Wildman–Crippen MR) is 35.1 cm³/mol. The second-order valence-electron chi connectivity index (χ2n) is 2.02. The third-order valence-electron chi connectivity index (χ3n) is 1.04. The maximum atomic E-state index is 10.0. The van der Waals surface area contributed by atoms with Crippen LogP contribution in [-0.2, 0) is 4.79 Å². The molecule has 0 fully saturated rings. The molecule has 0 bridgehead atoms. The summed E-state index contributed by atoms with van der Waals surface area (Å²) in [6.45, 7) is 1.74. The molecule has 0 unspecified atom stereocenters. The quantitative estimate of drug-likeness (QED) is 0.553. The van der Waals surface area contributed by atoms with Crippen LogP contribution >= 0.6 is 0 Å². The lowest BCUT2D eigenvalue weighted by atomic mass is 10.4. The van der Waals surface area contributed by atoms with Crippen molar-refractivity contribution in [2.45, 2.75) is 6.92 Å². The second-order valence-corrected chi connectivity index (χ2v) is 2.02. The number of hydrogen-bond donors (Lipinski definition) is 1. The molecule has 0 aliphatic heterocycles. The van der Waals surface area contributed by atoms with E-state index in [9.17, 15) is 4.79 Å². The fourth-order valence-electron chi connectivity index (χ4n) is 0.308. The Kier molecular flexibility index (Phi) is 2.78. The number of carboxylic acid groups (broad SMARTS) is 1. The van der Waals surface area contributed by atoms with Gasteiger partial charge in [0.2, 0.25) is 0 Å². The van der Waals surface area contributed by atoms with Crippen molar-refractivity contribution in [2.75, 3.05) is 14.1 Å². The van der Waals surface area contributed by atoms with Crippen molar-refractivity contribution in [1.82, 2.24) is 4.90 Å². The Hall–Kier alpha value is -0.990. The molecule has 0 atom stereocenters. The van der Waals surface area contributed by atoms with Gasteiger partial charge in [0, 0.05) is 25.9 Å². The summed E-state index contributed by atoms with van der Waals surface area (Å²) in [6.07, 6.45) is 1.17. The van der Waals surface area contributed by atoms with Crippen molar-refractivity contribution in [3.8, 4) is 0 Å². The van der Waals surface area contributed by atoms with Crippen LogP contribution in [0.4, 0.5) is 0 Å². The molecule has 0 heterocycles. The van der Waals surface area contributed by atoms with Crippen LogP contribution in [0.1, 0.15) is 6.92 Å². The highest BCUT2D eigenvalue weighted by Gasteiger charge is 1.93. The third-order valence-corrected chi connectivity index (χ3v) is 1.04. The van der Waals surface area contributed by atoms with E-state index in [0.29, 0.717) is 0 Å². The monoisotopic (exact) mass is 129 g/mol. The van der Waals surface area contributed by atoms with Gasteiger partial charge in [0.1, 0.15) is 0 Å². The molecule has 0 aromatic carbocycles. The summed E-state index contributed by atoms with van der Waals surface area (Å²) in [7, 11) is 3.60. The normalized spacial score (nSPS) is 11.2.